The van der Waals surface area contributed by atoms with Gasteiger partial charge >= 0.3 is 11.9 Å². The summed E-state index contributed by atoms with van der Waals surface area (Å²) in [6.07, 6.45) is 1.33. The maximum absolute atomic E-state index is 11.7. The van der Waals surface area contributed by atoms with Crippen molar-refractivity contribution in [1.82, 2.24) is 4.57 Å². The third-order valence-corrected chi connectivity index (χ3v) is 4.19. The Morgan fingerprint density at radius 3 is 2.78 bits per heavy atom. The van der Waals surface area contributed by atoms with E-state index in [1.165, 1.54) is 13.3 Å². The van der Waals surface area contributed by atoms with Crippen LogP contribution in [0.25, 0.3) is 0 Å². The van der Waals surface area contributed by atoms with Gasteiger partial charge in [0.2, 0.25) is 5.88 Å². The molecule has 0 radical (unpaired) electrons. The number of nitrogens with zero attached hydrogens (tertiary/aromatic N) is 2. The van der Waals surface area contributed by atoms with Crippen molar-refractivity contribution in [2.75, 3.05) is 7.11 Å². The van der Waals surface area contributed by atoms with Gasteiger partial charge in [0.1, 0.15) is 11.4 Å². The molecule has 0 bridgehead atoms. The average Bonchev–Trinajstić information content (AvgIpc) is 2.79. The largest absolute Gasteiger partial charge is 0.493 e. The number of methoxy groups -OCH3 is 1. The summed E-state index contributed by atoms with van der Waals surface area (Å²) in [6.45, 7) is -0.437. The molecule has 0 amide bonds. The van der Waals surface area contributed by atoms with Gasteiger partial charge in [0.15, 0.2) is 3.95 Å². The number of carbonyl (C=O) groups excluding carboxylic acids is 1. The summed E-state index contributed by atoms with van der Waals surface area (Å²) in [5, 5.41) is 18.8. The first-order valence-electron chi connectivity index (χ1n) is 6.30. The number of aliphatic imine (C=N–C) groups is 1. The van der Waals surface area contributed by atoms with Gasteiger partial charge in [-0.05, 0) is 24.4 Å². The van der Waals surface area contributed by atoms with Crippen LogP contribution in [0.2, 0.25) is 0 Å². The molecule has 0 aliphatic heterocycles. The van der Waals surface area contributed by atoms with Gasteiger partial charge < -0.3 is 14.9 Å². The number of aromatic hydroxyl groups is 1. The van der Waals surface area contributed by atoms with Crippen molar-refractivity contribution in [3.63, 3.8) is 0 Å². The summed E-state index contributed by atoms with van der Waals surface area (Å²) >= 11 is 6.04. The fraction of sp³-hybridized carbons (Fsp3) is 0.143. The molecule has 0 fully saturated rings. The molecule has 0 saturated carbocycles. The number of thiazole rings is 1. The first-order valence-corrected chi connectivity index (χ1v) is 7.52. The molecule has 2 aromatic rings. The van der Waals surface area contributed by atoms with Gasteiger partial charge in [-0.25, -0.2) is 4.79 Å². The minimum atomic E-state index is -1.12. The number of hydrogen-bond acceptors (Lipinski definition) is 7. The highest BCUT2D eigenvalue weighted by Crippen LogP contribution is 2.26. The van der Waals surface area contributed by atoms with Gasteiger partial charge in [0.05, 0.1) is 24.6 Å². The van der Waals surface area contributed by atoms with Crippen molar-refractivity contribution in [3.8, 4) is 5.88 Å². The lowest BCUT2D eigenvalue weighted by Crippen LogP contribution is -2.08. The molecule has 120 valence electrons. The van der Waals surface area contributed by atoms with Crippen LogP contribution in [0.3, 0.4) is 0 Å². The summed E-state index contributed by atoms with van der Waals surface area (Å²) in [4.78, 5) is 26.9. The third-order valence-electron chi connectivity index (χ3n) is 2.82. The van der Waals surface area contributed by atoms with E-state index in [1.807, 2.05) is 0 Å². The van der Waals surface area contributed by atoms with Crippen LogP contribution in [0.15, 0.2) is 29.3 Å². The van der Waals surface area contributed by atoms with E-state index in [1.54, 1.807) is 24.3 Å². The molecule has 2 N–H and O–H groups in total. The van der Waals surface area contributed by atoms with Crippen LogP contribution in [0.1, 0.15) is 15.2 Å². The van der Waals surface area contributed by atoms with Gasteiger partial charge in [0.25, 0.3) is 0 Å². The molecule has 7 nitrogen and oxygen atoms in total. The lowest BCUT2D eigenvalue weighted by molar-refractivity contribution is -0.137. The van der Waals surface area contributed by atoms with Crippen LogP contribution < -0.4 is 0 Å². The zero-order chi connectivity index (χ0) is 17.0. The molecule has 23 heavy (non-hydrogen) atoms. The van der Waals surface area contributed by atoms with E-state index in [0.29, 0.717) is 10.6 Å². The Morgan fingerprint density at radius 1 is 1.43 bits per heavy atom. The fourth-order valence-electron chi connectivity index (χ4n) is 1.77. The molecule has 1 heterocycles. The number of benzene rings is 1. The minimum absolute atomic E-state index is 0.215. The second-order valence-corrected chi connectivity index (χ2v) is 5.98. The number of carboxylic acids is 1. The number of carbonyl (C=O) groups is 2. The van der Waals surface area contributed by atoms with Crippen LogP contribution in [0, 0.1) is 3.95 Å². The van der Waals surface area contributed by atoms with Crippen LogP contribution in [0.5, 0.6) is 5.88 Å². The Hall–Kier alpha value is -2.52. The molecule has 0 saturated heterocycles. The fourth-order valence-corrected chi connectivity index (χ4v) is 2.95. The van der Waals surface area contributed by atoms with E-state index < -0.39 is 18.5 Å². The SMILES string of the molecule is COC(=O)c1ccccc1N=Cc1sc(=S)n(CC(=O)O)c1O. The summed E-state index contributed by atoms with van der Waals surface area (Å²) in [6, 6.07) is 6.57. The molecule has 9 heteroatoms. The maximum Gasteiger partial charge on any atom is 0.340 e. The second kappa shape index (κ2) is 7.16. The number of rotatable bonds is 5. The number of aliphatic carboxylic acids is 1. The zero-order valence-corrected chi connectivity index (χ0v) is 13.6. The Morgan fingerprint density at radius 2 is 2.13 bits per heavy atom. The molecule has 0 atom stereocenters. The number of hydrogen-bond donors (Lipinski definition) is 2. The molecule has 1 aromatic carbocycles. The molecule has 2 rings (SSSR count). The number of aromatic nitrogens is 1. The van der Waals surface area contributed by atoms with Crippen LogP contribution in [0.4, 0.5) is 5.69 Å². The summed E-state index contributed by atoms with van der Waals surface area (Å²) in [7, 11) is 1.27. The first-order chi connectivity index (χ1) is 10.9. The first kappa shape index (κ1) is 16.8. The topological polar surface area (TPSA) is 101 Å². The molecule has 0 unspecified atom stereocenters. The molecular formula is C14H12N2O5S2. The van der Waals surface area contributed by atoms with E-state index in [0.717, 1.165) is 15.9 Å². The van der Waals surface area contributed by atoms with Crippen LogP contribution in [-0.4, -0.2) is 40.0 Å². The molecule has 1 aromatic heterocycles. The molecule has 0 aliphatic rings. The van der Waals surface area contributed by atoms with Crippen molar-refractivity contribution >= 4 is 47.4 Å². The number of para-hydroxylation sites is 1. The predicted octanol–water partition coefficient (Wildman–Crippen LogP) is 2.61. The molecule has 0 spiro atoms. The van der Waals surface area contributed by atoms with E-state index in [2.05, 4.69) is 9.73 Å². The Labute approximate surface area is 140 Å². The van der Waals surface area contributed by atoms with Crippen LogP contribution >= 0.6 is 23.6 Å². The molecule has 0 aliphatic carbocycles. The van der Waals surface area contributed by atoms with Gasteiger partial charge in [-0.3, -0.25) is 14.4 Å². The zero-order valence-electron chi connectivity index (χ0n) is 11.9. The van der Waals surface area contributed by atoms with Gasteiger partial charge in [-0.2, -0.15) is 0 Å². The third kappa shape index (κ3) is 3.82. The second-order valence-electron chi connectivity index (χ2n) is 4.30. The standard InChI is InChI=1S/C14H12N2O5S2/c1-21-13(20)8-4-2-3-5-9(8)15-6-10-12(19)16(7-11(17)18)14(22)23-10/h2-6,19H,7H2,1H3,(H,17,18). The number of ether oxygens (including phenoxy) is 1. The quantitative estimate of drug-likeness (QED) is 0.487. The monoisotopic (exact) mass is 352 g/mol. The van der Waals surface area contributed by atoms with E-state index in [4.69, 9.17) is 17.3 Å². The highest BCUT2D eigenvalue weighted by molar-refractivity contribution is 7.73. The van der Waals surface area contributed by atoms with Crippen molar-refractivity contribution < 1.29 is 24.5 Å². The Balaban J connectivity index is 2.37. The predicted molar refractivity (Wildman–Crippen MR) is 87.5 cm³/mol. The van der Waals surface area contributed by atoms with Crippen molar-refractivity contribution in [2.45, 2.75) is 6.54 Å². The number of esters is 1. The normalized spacial score (nSPS) is 10.8. The van der Waals surface area contributed by atoms with Gasteiger partial charge in [-0.15, -0.1) is 0 Å². The van der Waals surface area contributed by atoms with Crippen molar-refractivity contribution in [2.24, 2.45) is 4.99 Å². The highest BCUT2D eigenvalue weighted by atomic mass is 32.1. The van der Waals surface area contributed by atoms with Gasteiger partial charge in [0, 0.05) is 0 Å². The maximum atomic E-state index is 11.7. The summed E-state index contributed by atoms with van der Waals surface area (Å²) < 4.78 is 5.98. The Kier molecular flexibility index (Phi) is 5.24. The minimum Gasteiger partial charge on any atom is -0.493 e. The lowest BCUT2D eigenvalue weighted by atomic mass is 10.2. The highest BCUT2D eigenvalue weighted by Gasteiger charge is 2.14. The van der Waals surface area contributed by atoms with Crippen LogP contribution in [-0.2, 0) is 16.1 Å². The lowest BCUT2D eigenvalue weighted by Gasteiger charge is -2.02. The molecular weight excluding hydrogens is 340 g/mol. The van der Waals surface area contributed by atoms with E-state index in [9.17, 15) is 14.7 Å². The summed E-state index contributed by atoms with van der Waals surface area (Å²) in [5.74, 6) is -1.92. The Bertz CT molecular complexity index is 838. The van der Waals surface area contributed by atoms with Crippen molar-refractivity contribution in [1.29, 1.82) is 0 Å². The van der Waals surface area contributed by atoms with E-state index in [-0.39, 0.29) is 15.4 Å². The van der Waals surface area contributed by atoms with Crippen molar-refractivity contribution in [3.05, 3.63) is 38.7 Å². The summed E-state index contributed by atoms with van der Waals surface area (Å²) in [5.41, 5.74) is 0.641. The number of carboxylic acid groups (broad SMARTS) is 1. The smallest absolute Gasteiger partial charge is 0.340 e. The average molecular weight is 352 g/mol. The van der Waals surface area contributed by atoms with Gasteiger partial charge in [-0.1, -0.05) is 23.5 Å². The van der Waals surface area contributed by atoms with E-state index >= 15 is 0 Å².